The van der Waals surface area contributed by atoms with Crippen LogP contribution in [0.5, 0.6) is 0 Å². The standard InChI is InChI=1S/C12H13N3O2/c16-11-10-8-13-6-7-14(10)12(17)15(11)9-4-2-1-3-5-9/h1-5,10,13H,6-8H2/t10-/m1/s1. The average Bonchev–Trinajstić information content (AvgIpc) is 2.64. The van der Waals surface area contributed by atoms with E-state index in [9.17, 15) is 9.59 Å². The maximum atomic E-state index is 12.2. The molecule has 1 N–H and O–H groups in total. The molecule has 5 nitrogen and oxygen atoms in total. The number of fused-ring (bicyclic) bond motifs is 1. The molecule has 1 aromatic carbocycles. The minimum atomic E-state index is -0.337. The summed E-state index contributed by atoms with van der Waals surface area (Å²) in [5.74, 6) is -0.131. The molecule has 0 bridgehead atoms. The van der Waals surface area contributed by atoms with Gasteiger partial charge >= 0.3 is 6.03 Å². The molecule has 2 heterocycles. The Kier molecular flexibility index (Phi) is 2.33. The number of urea groups is 1. The summed E-state index contributed by atoms with van der Waals surface area (Å²) in [5.41, 5.74) is 0.650. The van der Waals surface area contributed by atoms with Crippen molar-refractivity contribution in [2.24, 2.45) is 0 Å². The Hall–Kier alpha value is -1.88. The second kappa shape index (κ2) is 3.85. The molecule has 0 unspecified atom stereocenters. The van der Waals surface area contributed by atoms with Gasteiger partial charge in [-0.3, -0.25) is 4.79 Å². The maximum absolute atomic E-state index is 12.2. The van der Waals surface area contributed by atoms with Crippen molar-refractivity contribution < 1.29 is 9.59 Å². The van der Waals surface area contributed by atoms with Crippen LogP contribution < -0.4 is 10.2 Å². The number of anilines is 1. The first-order valence-corrected chi connectivity index (χ1v) is 5.69. The van der Waals surface area contributed by atoms with E-state index in [4.69, 9.17) is 0 Å². The quantitative estimate of drug-likeness (QED) is 0.713. The van der Waals surface area contributed by atoms with Gasteiger partial charge in [0.1, 0.15) is 6.04 Å². The van der Waals surface area contributed by atoms with Crippen LogP contribution in [0.15, 0.2) is 30.3 Å². The number of hydrogen-bond acceptors (Lipinski definition) is 3. The van der Waals surface area contributed by atoms with Crippen LogP contribution in [0.4, 0.5) is 10.5 Å². The summed E-state index contributed by atoms with van der Waals surface area (Å²) in [6.07, 6.45) is 0. The fourth-order valence-electron chi connectivity index (χ4n) is 2.34. The van der Waals surface area contributed by atoms with E-state index in [0.717, 1.165) is 6.54 Å². The van der Waals surface area contributed by atoms with Crippen molar-refractivity contribution in [3.8, 4) is 0 Å². The largest absolute Gasteiger partial charge is 0.332 e. The molecule has 0 radical (unpaired) electrons. The zero-order valence-corrected chi connectivity index (χ0v) is 9.30. The Morgan fingerprint density at radius 3 is 2.65 bits per heavy atom. The molecule has 2 aliphatic rings. The van der Waals surface area contributed by atoms with Crippen molar-refractivity contribution in [1.82, 2.24) is 10.2 Å². The topological polar surface area (TPSA) is 52.7 Å². The summed E-state index contributed by atoms with van der Waals surface area (Å²) in [7, 11) is 0. The van der Waals surface area contributed by atoms with Crippen molar-refractivity contribution in [3.63, 3.8) is 0 Å². The van der Waals surface area contributed by atoms with Gasteiger partial charge in [-0.25, -0.2) is 9.69 Å². The number of nitrogens with one attached hydrogen (secondary N) is 1. The summed E-state index contributed by atoms with van der Waals surface area (Å²) in [6.45, 7) is 1.89. The van der Waals surface area contributed by atoms with Gasteiger partial charge in [-0.2, -0.15) is 0 Å². The minimum absolute atomic E-state index is 0.131. The first kappa shape index (κ1) is 10.3. The molecule has 0 saturated carbocycles. The average molecular weight is 231 g/mol. The van der Waals surface area contributed by atoms with Gasteiger partial charge in [0.2, 0.25) is 0 Å². The van der Waals surface area contributed by atoms with Crippen LogP contribution in [0.3, 0.4) is 0 Å². The van der Waals surface area contributed by atoms with Crippen LogP contribution in [0, 0.1) is 0 Å². The normalized spacial score (nSPS) is 24.1. The fraction of sp³-hybridized carbons (Fsp3) is 0.333. The Balaban J connectivity index is 1.96. The SMILES string of the molecule is O=C1[C@H]2CNCCN2C(=O)N1c1ccccc1. The third-order valence-electron chi connectivity index (χ3n) is 3.20. The van der Waals surface area contributed by atoms with Crippen molar-refractivity contribution in [2.75, 3.05) is 24.5 Å². The first-order valence-electron chi connectivity index (χ1n) is 5.69. The Morgan fingerprint density at radius 2 is 1.94 bits per heavy atom. The number of benzene rings is 1. The summed E-state index contributed by atoms with van der Waals surface area (Å²) >= 11 is 0. The molecule has 1 atom stereocenters. The van der Waals surface area contributed by atoms with Gasteiger partial charge in [0.25, 0.3) is 5.91 Å². The van der Waals surface area contributed by atoms with Crippen molar-refractivity contribution >= 4 is 17.6 Å². The number of nitrogens with zero attached hydrogens (tertiary/aromatic N) is 2. The smallest absolute Gasteiger partial charge is 0.312 e. The second-order valence-electron chi connectivity index (χ2n) is 4.21. The van der Waals surface area contributed by atoms with E-state index in [1.54, 1.807) is 17.0 Å². The first-order chi connectivity index (χ1) is 8.29. The third kappa shape index (κ3) is 1.51. The molecule has 88 valence electrons. The van der Waals surface area contributed by atoms with Crippen LogP contribution in [-0.4, -0.2) is 42.5 Å². The number of carbonyl (C=O) groups is 2. The molecule has 1 aromatic rings. The van der Waals surface area contributed by atoms with E-state index in [0.29, 0.717) is 18.8 Å². The van der Waals surface area contributed by atoms with Crippen LogP contribution in [-0.2, 0) is 4.79 Å². The second-order valence-corrected chi connectivity index (χ2v) is 4.21. The molecule has 0 aliphatic carbocycles. The highest BCUT2D eigenvalue weighted by Gasteiger charge is 2.46. The number of hydrogen-bond donors (Lipinski definition) is 1. The lowest BCUT2D eigenvalue weighted by Crippen LogP contribution is -2.51. The predicted octanol–water partition coefficient (Wildman–Crippen LogP) is 0.427. The van der Waals surface area contributed by atoms with E-state index < -0.39 is 0 Å². The highest BCUT2D eigenvalue weighted by molar-refractivity contribution is 6.21. The fourth-order valence-corrected chi connectivity index (χ4v) is 2.34. The van der Waals surface area contributed by atoms with Gasteiger partial charge in [-0.05, 0) is 12.1 Å². The molecule has 2 saturated heterocycles. The number of imide groups is 1. The highest BCUT2D eigenvalue weighted by Crippen LogP contribution is 2.25. The van der Waals surface area contributed by atoms with Crippen LogP contribution in [0.2, 0.25) is 0 Å². The summed E-state index contributed by atoms with van der Waals surface area (Å²) < 4.78 is 0. The van der Waals surface area contributed by atoms with Gasteiger partial charge in [0.05, 0.1) is 5.69 Å². The van der Waals surface area contributed by atoms with Crippen LogP contribution in [0.1, 0.15) is 0 Å². The molecule has 17 heavy (non-hydrogen) atoms. The van der Waals surface area contributed by atoms with Gasteiger partial charge in [0.15, 0.2) is 0 Å². The minimum Gasteiger partial charge on any atom is -0.312 e. The summed E-state index contributed by atoms with van der Waals surface area (Å²) in [4.78, 5) is 27.2. The maximum Gasteiger partial charge on any atom is 0.332 e. The van der Waals surface area contributed by atoms with Gasteiger partial charge in [-0.1, -0.05) is 18.2 Å². The molecule has 5 heteroatoms. The Bertz CT molecular complexity index is 436. The van der Waals surface area contributed by atoms with E-state index in [-0.39, 0.29) is 18.0 Å². The molecular weight excluding hydrogens is 218 g/mol. The number of carbonyl (C=O) groups excluding carboxylic acids is 2. The molecule has 3 rings (SSSR count). The number of amides is 3. The number of piperazine rings is 1. The zero-order chi connectivity index (χ0) is 11.8. The van der Waals surface area contributed by atoms with Crippen LogP contribution >= 0.6 is 0 Å². The zero-order valence-electron chi connectivity index (χ0n) is 9.30. The molecule has 2 fully saturated rings. The number of para-hydroxylation sites is 1. The predicted molar refractivity (Wildman–Crippen MR) is 62.7 cm³/mol. The Labute approximate surface area is 99.0 Å². The molecule has 2 aliphatic heterocycles. The van der Waals surface area contributed by atoms with Crippen molar-refractivity contribution in [2.45, 2.75) is 6.04 Å². The van der Waals surface area contributed by atoms with E-state index in [2.05, 4.69) is 5.32 Å². The molecular formula is C12H13N3O2. The number of rotatable bonds is 1. The van der Waals surface area contributed by atoms with Gasteiger partial charge < -0.3 is 10.2 Å². The van der Waals surface area contributed by atoms with E-state index in [1.807, 2.05) is 18.2 Å². The third-order valence-corrected chi connectivity index (χ3v) is 3.20. The molecule has 0 spiro atoms. The highest BCUT2D eigenvalue weighted by atomic mass is 16.2. The summed E-state index contributed by atoms with van der Waals surface area (Å²) in [5, 5.41) is 3.14. The van der Waals surface area contributed by atoms with E-state index in [1.165, 1.54) is 4.90 Å². The van der Waals surface area contributed by atoms with E-state index >= 15 is 0 Å². The summed E-state index contributed by atoms with van der Waals surface area (Å²) in [6, 6.07) is 8.54. The monoisotopic (exact) mass is 231 g/mol. The Morgan fingerprint density at radius 1 is 1.18 bits per heavy atom. The lowest BCUT2D eigenvalue weighted by Gasteiger charge is -2.26. The molecule has 0 aromatic heterocycles. The lowest BCUT2D eigenvalue weighted by atomic mass is 10.2. The lowest BCUT2D eigenvalue weighted by molar-refractivity contribution is -0.119. The van der Waals surface area contributed by atoms with Gasteiger partial charge in [-0.15, -0.1) is 0 Å². The van der Waals surface area contributed by atoms with Crippen molar-refractivity contribution in [3.05, 3.63) is 30.3 Å². The van der Waals surface area contributed by atoms with Crippen molar-refractivity contribution in [1.29, 1.82) is 0 Å². The van der Waals surface area contributed by atoms with Gasteiger partial charge in [0, 0.05) is 19.6 Å². The van der Waals surface area contributed by atoms with Crippen LogP contribution in [0.25, 0.3) is 0 Å². The molecule has 3 amide bonds.